The lowest BCUT2D eigenvalue weighted by Gasteiger charge is -2.08. The molecular formula is C11H16F3N3O4S. The van der Waals surface area contributed by atoms with Crippen LogP contribution in [0.2, 0.25) is 0 Å². The third-order valence-corrected chi connectivity index (χ3v) is 3.13. The number of nitrogens with zero attached hydrogens (tertiary/aromatic N) is 2. The van der Waals surface area contributed by atoms with Gasteiger partial charge in [-0.1, -0.05) is 18.2 Å². The number of amidine groups is 1. The van der Waals surface area contributed by atoms with E-state index in [1.807, 2.05) is 0 Å². The number of alkyl halides is 3. The van der Waals surface area contributed by atoms with Crippen molar-refractivity contribution in [1.29, 1.82) is 0 Å². The summed E-state index contributed by atoms with van der Waals surface area (Å²) in [6.07, 6.45) is -1.30. The van der Waals surface area contributed by atoms with E-state index in [0.717, 1.165) is 37.1 Å². The Kier molecular flexibility index (Phi) is 9.22. The van der Waals surface area contributed by atoms with E-state index in [4.69, 9.17) is 20.7 Å². The minimum absolute atomic E-state index is 0.256. The van der Waals surface area contributed by atoms with Gasteiger partial charge in [-0.2, -0.15) is 18.3 Å². The first-order valence-electron chi connectivity index (χ1n) is 6.16. The molecule has 11 heteroatoms. The Labute approximate surface area is 128 Å². The molecule has 0 aromatic heterocycles. The molecule has 0 amide bonds. The fraction of sp³-hybridized carbons (Fsp3) is 0.636. The van der Waals surface area contributed by atoms with E-state index in [1.54, 1.807) is 0 Å². The van der Waals surface area contributed by atoms with Gasteiger partial charge in [0.1, 0.15) is 0 Å². The molecule has 0 aliphatic carbocycles. The molecule has 0 saturated heterocycles. The molecule has 0 unspecified atom stereocenters. The van der Waals surface area contributed by atoms with Crippen molar-refractivity contribution in [1.82, 2.24) is 0 Å². The Bertz CT molecular complexity index is 452. The van der Waals surface area contributed by atoms with Gasteiger partial charge in [-0.05, 0) is 19.3 Å². The van der Waals surface area contributed by atoms with Crippen molar-refractivity contribution in [2.45, 2.75) is 38.3 Å². The maximum atomic E-state index is 10.6. The number of halogens is 3. The van der Waals surface area contributed by atoms with Gasteiger partial charge < -0.3 is 15.9 Å². The predicted octanol–water partition coefficient (Wildman–Crippen LogP) is 2.07. The third kappa shape index (κ3) is 10.9. The number of nitrogens with two attached hydrogens (primary N) is 1. The van der Waals surface area contributed by atoms with Crippen molar-refractivity contribution < 1.29 is 33.0 Å². The van der Waals surface area contributed by atoms with E-state index in [0.29, 0.717) is 5.17 Å². The average molecular weight is 343 g/mol. The predicted molar refractivity (Wildman–Crippen MR) is 75.9 cm³/mol. The Morgan fingerprint density at radius 1 is 1.18 bits per heavy atom. The molecule has 4 N–H and O–H groups in total. The second kappa shape index (κ2) is 10.0. The van der Waals surface area contributed by atoms with Gasteiger partial charge in [-0.3, -0.25) is 4.79 Å². The number of carboxylic acid groups (broad SMARTS) is 2. The van der Waals surface area contributed by atoms with Crippen LogP contribution >= 0.6 is 11.8 Å². The van der Waals surface area contributed by atoms with Crippen LogP contribution in [-0.4, -0.2) is 45.0 Å². The molecular weight excluding hydrogens is 327 g/mol. The van der Waals surface area contributed by atoms with Crippen LogP contribution in [0.25, 0.3) is 0 Å². The Hall–Kier alpha value is -1.78. The monoisotopic (exact) mass is 343 g/mol. The van der Waals surface area contributed by atoms with Crippen LogP contribution in [0.4, 0.5) is 13.2 Å². The summed E-state index contributed by atoms with van der Waals surface area (Å²) in [5.41, 5.74) is 6.49. The van der Waals surface area contributed by atoms with E-state index < -0.39 is 18.1 Å². The summed E-state index contributed by atoms with van der Waals surface area (Å²) >= 11 is 1.50. The van der Waals surface area contributed by atoms with Crippen LogP contribution in [-0.2, 0) is 9.59 Å². The molecule has 0 aromatic carbocycles. The van der Waals surface area contributed by atoms with Crippen molar-refractivity contribution >= 4 is 34.6 Å². The number of hydrogen-bond donors (Lipinski definition) is 3. The van der Waals surface area contributed by atoms with Gasteiger partial charge in [-0.25, -0.2) is 4.79 Å². The number of rotatable bonds is 6. The fourth-order valence-electron chi connectivity index (χ4n) is 1.24. The number of aliphatic carboxylic acids is 2. The minimum atomic E-state index is -5.08. The summed E-state index contributed by atoms with van der Waals surface area (Å²) in [6.45, 7) is 0. The zero-order valence-electron chi connectivity index (χ0n) is 11.5. The molecule has 126 valence electrons. The van der Waals surface area contributed by atoms with Gasteiger partial charge in [0.25, 0.3) is 0 Å². The maximum absolute atomic E-state index is 10.6. The van der Waals surface area contributed by atoms with Gasteiger partial charge in [0.15, 0.2) is 5.17 Å². The summed E-state index contributed by atoms with van der Waals surface area (Å²) in [5, 5.41) is 23.9. The normalized spacial score (nSPS) is 14.3. The van der Waals surface area contributed by atoms with Gasteiger partial charge in [0.2, 0.25) is 0 Å². The van der Waals surface area contributed by atoms with Crippen LogP contribution in [0.1, 0.15) is 32.1 Å². The van der Waals surface area contributed by atoms with Crippen molar-refractivity contribution in [3.63, 3.8) is 0 Å². The zero-order chi connectivity index (χ0) is 17.2. The molecule has 1 rings (SSSR count). The Morgan fingerprint density at radius 3 is 2.18 bits per heavy atom. The van der Waals surface area contributed by atoms with Crippen LogP contribution in [0.5, 0.6) is 0 Å². The van der Waals surface area contributed by atoms with Crippen LogP contribution < -0.4 is 5.73 Å². The van der Waals surface area contributed by atoms with E-state index in [-0.39, 0.29) is 6.42 Å². The van der Waals surface area contributed by atoms with Crippen molar-refractivity contribution in [2.24, 2.45) is 15.9 Å². The largest absolute Gasteiger partial charge is 0.490 e. The summed E-state index contributed by atoms with van der Waals surface area (Å²) in [7, 11) is 0. The molecule has 0 fully saturated rings. The number of unbranched alkanes of at least 4 members (excludes halogenated alkanes) is 2. The summed E-state index contributed by atoms with van der Waals surface area (Å²) in [4.78, 5) is 19.1. The molecule has 0 atom stereocenters. The van der Waals surface area contributed by atoms with Crippen LogP contribution in [0.15, 0.2) is 10.2 Å². The number of thioether (sulfide) groups is 1. The average Bonchev–Trinajstić information content (AvgIpc) is 2.40. The zero-order valence-corrected chi connectivity index (χ0v) is 12.3. The lowest BCUT2D eigenvalue weighted by molar-refractivity contribution is -0.192. The third-order valence-electron chi connectivity index (χ3n) is 2.28. The highest BCUT2D eigenvalue weighted by Gasteiger charge is 2.38. The van der Waals surface area contributed by atoms with Crippen LogP contribution in [0.3, 0.4) is 0 Å². The van der Waals surface area contributed by atoms with Gasteiger partial charge in [-0.15, -0.1) is 5.10 Å². The first-order chi connectivity index (χ1) is 10.1. The van der Waals surface area contributed by atoms with E-state index in [9.17, 15) is 18.0 Å². The Morgan fingerprint density at radius 2 is 1.77 bits per heavy atom. The number of hydrogen-bond acceptors (Lipinski definition) is 6. The van der Waals surface area contributed by atoms with Gasteiger partial charge in [0, 0.05) is 12.2 Å². The van der Waals surface area contributed by atoms with Crippen molar-refractivity contribution in [3.8, 4) is 0 Å². The highest BCUT2D eigenvalue weighted by atomic mass is 32.2. The van der Waals surface area contributed by atoms with Crippen molar-refractivity contribution in [2.75, 3.05) is 5.75 Å². The summed E-state index contributed by atoms with van der Waals surface area (Å²) < 4.78 is 31.7. The quantitative estimate of drug-likeness (QED) is 0.634. The van der Waals surface area contributed by atoms with Crippen molar-refractivity contribution in [3.05, 3.63) is 0 Å². The summed E-state index contributed by atoms with van der Waals surface area (Å²) in [6, 6.07) is 0. The number of carbonyl (C=O) groups is 2. The molecule has 1 aliphatic rings. The molecule has 0 saturated carbocycles. The molecule has 0 bridgehead atoms. The lowest BCUT2D eigenvalue weighted by Crippen LogP contribution is -2.21. The SMILES string of the molecule is NC1=NN=C(CCCCCC(=O)O)CS1.O=C(O)C(F)(F)F. The first-order valence-corrected chi connectivity index (χ1v) is 7.15. The van der Waals surface area contributed by atoms with Gasteiger partial charge >= 0.3 is 18.1 Å². The Balaban J connectivity index is 0.000000534. The molecule has 7 nitrogen and oxygen atoms in total. The first kappa shape index (κ1) is 20.2. The number of carboxylic acids is 2. The molecule has 0 spiro atoms. The summed E-state index contributed by atoms with van der Waals surface area (Å²) in [5.74, 6) is -2.67. The molecule has 22 heavy (non-hydrogen) atoms. The lowest BCUT2D eigenvalue weighted by atomic mass is 10.1. The van der Waals surface area contributed by atoms with E-state index >= 15 is 0 Å². The highest BCUT2D eigenvalue weighted by Crippen LogP contribution is 2.13. The second-order valence-corrected chi connectivity index (χ2v) is 5.15. The van der Waals surface area contributed by atoms with E-state index in [2.05, 4.69) is 10.2 Å². The fourth-order valence-corrected chi connectivity index (χ4v) is 1.85. The van der Waals surface area contributed by atoms with E-state index in [1.165, 1.54) is 11.8 Å². The van der Waals surface area contributed by atoms with Crippen LogP contribution in [0, 0.1) is 0 Å². The minimum Gasteiger partial charge on any atom is -0.481 e. The smallest absolute Gasteiger partial charge is 0.481 e. The molecule has 1 aliphatic heterocycles. The topological polar surface area (TPSA) is 125 Å². The molecule has 0 radical (unpaired) electrons. The standard InChI is InChI=1S/C9H15N3O2S.C2HF3O2/c10-9-12-11-7(6-15-9)4-2-1-3-5-8(13)14;3-2(4,5)1(6)7/h1-6H2,(H2,10,12)(H,13,14);(H,6,7). The molecule has 0 aromatic rings. The molecule has 1 heterocycles. The maximum Gasteiger partial charge on any atom is 0.490 e. The highest BCUT2D eigenvalue weighted by molar-refractivity contribution is 8.14. The van der Waals surface area contributed by atoms with Gasteiger partial charge in [0.05, 0.1) is 5.71 Å². The second-order valence-electron chi connectivity index (χ2n) is 4.15.